The minimum Gasteiger partial charge on any atom is -0.343 e. The zero-order valence-electron chi connectivity index (χ0n) is 4.76. The van der Waals surface area contributed by atoms with E-state index >= 15 is 0 Å². The molecule has 0 saturated heterocycles. The second-order valence-corrected chi connectivity index (χ2v) is 2.57. The molecule has 0 saturated carbocycles. The molecule has 1 heterocycles. The lowest BCUT2D eigenvalue weighted by atomic mass is 10.5. The molecule has 0 unspecified atom stereocenters. The lowest BCUT2D eigenvalue weighted by molar-refractivity contribution is 0.542. The van der Waals surface area contributed by atoms with Crippen LogP contribution in [0.4, 0.5) is 0 Å². The molecule has 1 aromatic rings. The maximum Gasteiger partial charge on any atom is 0.309 e. The first kappa shape index (κ1) is 6.29. The highest BCUT2D eigenvalue weighted by atomic mass is 32.1. The van der Waals surface area contributed by atoms with Crippen LogP contribution in [0.15, 0.2) is 17.5 Å². The van der Waals surface area contributed by atoms with Crippen LogP contribution >= 0.6 is 11.3 Å². The average Bonchev–Trinajstić information content (AvgIpc) is 2.34. The molecular formula is C6H6NOS. The number of thiophene rings is 1. The minimum atomic E-state index is 0.598. The van der Waals surface area contributed by atoms with E-state index in [1.54, 1.807) is 17.7 Å². The predicted octanol–water partition coefficient (Wildman–Crippen LogP) is 0.905. The molecule has 0 aliphatic heterocycles. The molecule has 1 N–H and O–H groups in total. The number of rotatable bonds is 3. The Bertz CT molecular complexity index is 171. The van der Waals surface area contributed by atoms with Crippen LogP contribution in [0.1, 0.15) is 4.88 Å². The topological polar surface area (TPSA) is 29.1 Å². The van der Waals surface area contributed by atoms with Gasteiger partial charge in [-0.25, -0.2) is 0 Å². The second kappa shape index (κ2) is 3.25. The highest BCUT2D eigenvalue weighted by Crippen LogP contribution is 2.06. The monoisotopic (exact) mass is 140 g/mol. The molecule has 1 radical (unpaired) electrons. The molecule has 0 spiro atoms. The first-order valence-corrected chi connectivity index (χ1v) is 3.44. The highest BCUT2D eigenvalue weighted by Gasteiger charge is 1.88. The maximum atomic E-state index is 9.67. The molecule has 1 rings (SSSR count). The molecule has 1 aromatic heterocycles. The van der Waals surface area contributed by atoms with E-state index in [0.29, 0.717) is 6.54 Å². The van der Waals surface area contributed by atoms with Crippen LogP contribution in [0, 0.1) is 0 Å². The van der Waals surface area contributed by atoms with Crippen LogP contribution in [0.25, 0.3) is 0 Å². The van der Waals surface area contributed by atoms with Crippen molar-refractivity contribution in [2.24, 2.45) is 0 Å². The fraction of sp³-hybridized carbons (Fsp3) is 0.167. The van der Waals surface area contributed by atoms with Gasteiger partial charge in [0.05, 0.1) is 6.54 Å². The van der Waals surface area contributed by atoms with Crippen molar-refractivity contribution in [3.05, 3.63) is 22.4 Å². The fourth-order valence-electron chi connectivity index (χ4n) is 0.536. The van der Waals surface area contributed by atoms with Gasteiger partial charge in [-0.05, 0) is 11.4 Å². The van der Waals surface area contributed by atoms with Crippen molar-refractivity contribution in [2.75, 3.05) is 0 Å². The van der Waals surface area contributed by atoms with Crippen molar-refractivity contribution in [3.8, 4) is 0 Å². The average molecular weight is 140 g/mol. The van der Waals surface area contributed by atoms with E-state index in [1.165, 1.54) is 0 Å². The largest absolute Gasteiger partial charge is 0.343 e. The third kappa shape index (κ3) is 1.85. The van der Waals surface area contributed by atoms with E-state index in [0.717, 1.165) is 4.88 Å². The van der Waals surface area contributed by atoms with E-state index in [1.807, 2.05) is 17.5 Å². The smallest absolute Gasteiger partial charge is 0.309 e. The van der Waals surface area contributed by atoms with Gasteiger partial charge in [0.25, 0.3) is 0 Å². The van der Waals surface area contributed by atoms with Crippen molar-refractivity contribution in [1.82, 2.24) is 5.32 Å². The molecule has 2 nitrogen and oxygen atoms in total. The Hall–Kier alpha value is -0.830. The van der Waals surface area contributed by atoms with Gasteiger partial charge in [0.15, 0.2) is 0 Å². The second-order valence-electron chi connectivity index (χ2n) is 1.53. The fourth-order valence-corrected chi connectivity index (χ4v) is 1.18. The van der Waals surface area contributed by atoms with Crippen molar-refractivity contribution in [3.63, 3.8) is 0 Å². The summed E-state index contributed by atoms with van der Waals surface area (Å²) in [6, 6.07) is 3.92. The van der Waals surface area contributed by atoms with E-state index in [9.17, 15) is 4.79 Å². The summed E-state index contributed by atoms with van der Waals surface area (Å²) in [6.07, 6.45) is 1.61. The lowest BCUT2D eigenvalue weighted by Gasteiger charge is -1.89. The van der Waals surface area contributed by atoms with Crippen LogP contribution in [0.5, 0.6) is 0 Å². The van der Waals surface area contributed by atoms with Gasteiger partial charge in [0.2, 0.25) is 0 Å². The van der Waals surface area contributed by atoms with E-state index in [4.69, 9.17) is 0 Å². The highest BCUT2D eigenvalue weighted by molar-refractivity contribution is 7.09. The number of hydrogen-bond donors (Lipinski definition) is 1. The van der Waals surface area contributed by atoms with Crippen molar-refractivity contribution in [1.29, 1.82) is 0 Å². The van der Waals surface area contributed by atoms with Gasteiger partial charge in [0, 0.05) is 4.88 Å². The molecule has 0 aliphatic rings. The minimum absolute atomic E-state index is 0.598. The Morgan fingerprint density at radius 1 is 1.78 bits per heavy atom. The number of nitrogens with one attached hydrogen (secondary N) is 1. The summed E-state index contributed by atoms with van der Waals surface area (Å²) in [7, 11) is 0. The van der Waals surface area contributed by atoms with Gasteiger partial charge in [-0.15, -0.1) is 11.3 Å². The SMILES string of the molecule is O=[C]NCc1cccs1. The molecule has 9 heavy (non-hydrogen) atoms. The van der Waals surface area contributed by atoms with Crippen molar-refractivity contribution < 1.29 is 4.79 Å². The molecule has 0 aromatic carbocycles. The number of amides is 1. The summed E-state index contributed by atoms with van der Waals surface area (Å²) in [5.74, 6) is 0. The number of carbonyl (C=O) groups excluding carboxylic acids is 1. The first-order valence-electron chi connectivity index (χ1n) is 2.56. The van der Waals surface area contributed by atoms with E-state index in [2.05, 4.69) is 5.32 Å². The van der Waals surface area contributed by atoms with Gasteiger partial charge < -0.3 is 5.32 Å². The molecule has 3 heteroatoms. The van der Waals surface area contributed by atoms with Crippen molar-refractivity contribution in [2.45, 2.75) is 6.54 Å². The summed E-state index contributed by atoms with van der Waals surface area (Å²) in [5.41, 5.74) is 0. The van der Waals surface area contributed by atoms with Crippen LogP contribution in [-0.4, -0.2) is 6.41 Å². The Balaban J connectivity index is 2.38. The summed E-state index contributed by atoms with van der Waals surface area (Å²) in [4.78, 5) is 10.8. The quantitative estimate of drug-likeness (QED) is 0.621. The van der Waals surface area contributed by atoms with Crippen molar-refractivity contribution >= 4 is 17.7 Å². The van der Waals surface area contributed by atoms with Gasteiger partial charge in [0.1, 0.15) is 0 Å². The summed E-state index contributed by atoms with van der Waals surface area (Å²) >= 11 is 1.62. The first-order chi connectivity index (χ1) is 4.43. The summed E-state index contributed by atoms with van der Waals surface area (Å²) in [5, 5.41) is 4.43. The molecule has 0 atom stereocenters. The predicted molar refractivity (Wildman–Crippen MR) is 36.9 cm³/mol. The summed E-state index contributed by atoms with van der Waals surface area (Å²) < 4.78 is 0. The van der Waals surface area contributed by atoms with Gasteiger partial charge in [-0.2, -0.15) is 0 Å². The van der Waals surface area contributed by atoms with Crippen LogP contribution in [0.3, 0.4) is 0 Å². The zero-order valence-corrected chi connectivity index (χ0v) is 5.57. The Morgan fingerprint density at radius 2 is 2.67 bits per heavy atom. The third-order valence-electron chi connectivity index (χ3n) is 0.915. The Labute approximate surface area is 57.5 Å². The summed E-state index contributed by atoms with van der Waals surface area (Å²) in [6.45, 7) is 0.598. The standard InChI is InChI=1S/C6H6NOS/c8-5-7-4-6-2-1-3-9-6/h1-3H,4H2,(H,7,8). The molecule has 47 valence electrons. The molecular weight excluding hydrogens is 134 g/mol. The number of hydrogen-bond acceptors (Lipinski definition) is 2. The van der Waals surface area contributed by atoms with Gasteiger partial charge >= 0.3 is 6.41 Å². The van der Waals surface area contributed by atoms with Crippen LogP contribution in [0.2, 0.25) is 0 Å². The Morgan fingerprint density at radius 3 is 3.22 bits per heavy atom. The Kier molecular flexibility index (Phi) is 2.27. The molecule has 0 bridgehead atoms. The third-order valence-corrected chi connectivity index (χ3v) is 1.79. The lowest BCUT2D eigenvalue weighted by Crippen LogP contribution is -2.07. The van der Waals surface area contributed by atoms with Gasteiger partial charge in [-0.1, -0.05) is 6.07 Å². The van der Waals surface area contributed by atoms with Crippen LogP contribution < -0.4 is 5.32 Å². The van der Waals surface area contributed by atoms with E-state index < -0.39 is 0 Å². The molecule has 0 aliphatic carbocycles. The maximum absolute atomic E-state index is 9.67. The van der Waals surface area contributed by atoms with Gasteiger partial charge in [-0.3, -0.25) is 4.79 Å². The van der Waals surface area contributed by atoms with Crippen LogP contribution in [-0.2, 0) is 11.3 Å². The van der Waals surface area contributed by atoms with E-state index in [-0.39, 0.29) is 0 Å². The zero-order chi connectivity index (χ0) is 6.53. The molecule has 1 amide bonds. The molecule has 0 fully saturated rings. The normalized spacial score (nSPS) is 8.89.